The van der Waals surface area contributed by atoms with Crippen LogP contribution < -0.4 is 0 Å². The van der Waals surface area contributed by atoms with Crippen molar-refractivity contribution in [2.24, 2.45) is 0 Å². The molecule has 0 saturated carbocycles. The molecule has 8 aromatic heterocycles. The number of rotatable bonds is 6. The van der Waals surface area contributed by atoms with Crippen molar-refractivity contribution in [3.8, 4) is 56.1 Å². The molecule has 1 aliphatic carbocycles. The third-order valence-corrected chi connectivity index (χ3v) is 26.5. The van der Waals surface area contributed by atoms with Gasteiger partial charge in [0.15, 0.2) is 0 Å². The zero-order valence-corrected chi connectivity index (χ0v) is 65.7. The maximum absolute atomic E-state index is 6.29. The molecular formula is C111H70N4O3S. The average molecular weight is 1540 g/mol. The lowest BCUT2D eigenvalue weighted by Crippen LogP contribution is -2.14. The minimum atomic E-state index is 0.0239. The molecule has 18 aromatic carbocycles. The third kappa shape index (κ3) is 10.3. The van der Waals surface area contributed by atoms with Crippen molar-refractivity contribution in [2.75, 3.05) is 0 Å². The number of fused-ring (bicyclic) bond motifs is 27. The molecule has 8 heterocycles. The van der Waals surface area contributed by atoms with Crippen LogP contribution in [0.15, 0.2) is 401 Å². The molecule has 8 heteroatoms. The average Bonchev–Trinajstić information content (AvgIpc) is 1.59. The van der Waals surface area contributed by atoms with Crippen LogP contribution in [0.3, 0.4) is 0 Å². The van der Waals surface area contributed by atoms with Crippen LogP contribution in [-0.2, 0) is 5.41 Å². The molecule has 0 radical (unpaired) electrons. The van der Waals surface area contributed by atoms with Gasteiger partial charge in [-0.2, -0.15) is 0 Å². The summed E-state index contributed by atoms with van der Waals surface area (Å²) in [6.45, 7) is 4.66. The van der Waals surface area contributed by atoms with E-state index in [-0.39, 0.29) is 5.41 Å². The number of benzene rings is 18. The first-order valence-corrected chi connectivity index (χ1v) is 41.6. The van der Waals surface area contributed by atoms with E-state index < -0.39 is 0 Å². The minimum absolute atomic E-state index is 0.0239. The highest BCUT2D eigenvalue weighted by molar-refractivity contribution is 7.25. The van der Waals surface area contributed by atoms with E-state index in [0.29, 0.717) is 0 Å². The molecule has 119 heavy (non-hydrogen) atoms. The molecule has 0 aliphatic heterocycles. The first-order valence-electron chi connectivity index (χ1n) is 40.7. The van der Waals surface area contributed by atoms with Gasteiger partial charge in [0.05, 0.1) is 44.1 Å². The van der Waals surface area contributed by atoms with Crippen molar-refractivity contribution >= 4 is 185 Å². The lowest BCUT2D eigenvalue weighted by Gasteiger charge is -2.21. The van der Waals surface area contributed by atoms with Gasteiger partial charge >= 0.3 is 0 Å². The van der Waals surface area contributed by atoms with Crippen molar-refractivity contribution in [3.63, 3.8) is 0 Å². The number of aromatic nitrogens is 4. The van der Waals surface area contributed by atoms with E-state index in [1.54, 1.807) is 0 Å². The fourth-order valence-corrected chi connectivity index (χ4v) is 20.8. The molecule has 26 aromatic rings. The first kappa shape index (κ1) is 67.1. The Labute approximate surface area is 686 Å². The number of thiophene rings is 1. The summed E-state index contributed by atoms with van der Waals surface area (Å²) in [5.41, 5.74) is 30.0. The van der Waals surface area contributed by atoms with Crippen LogP contribution >= 0.6 is 11.3 Å². The van der Waals surface area contributed by atoms with Gasteiger partial charge in [0.1, 0.15) is 33.5 Å². The quantitative estimate of drug-likeness (QED) is 0.167. The second-order valence-electron chi connectivity index (χ2n) is 32.2. The molecule has 7 nitrogen and oxygen atoms in total. The van der Waals surface area contributed by atoms with Crippen molar-refractivity contribution in [2.45, 2.75) is 19.3 Å². The molecule has 0 bridgehead atoms. The second-order valence-corrected chi connectivity index (χ2v) is 33.3. The molecule has 0 fully saturated rings. The Hall–Kier alpha value is -15.2. The summed E-state index contributed by atoms with van der Waals surface area (Å²) >= 11 is 1.86. The summed E-state index contributed by atoms with van der Waals surface area (Å²) in [5.74, 6) is 0. The normalized spacial score (nSPS) is 12.7. The number of nitrogens with zero attached hydrogens (tertiary/aromatic N) is 4. The van der Waals surface area contributed by atoms with Gasteiger partial charge in [0.2, 0.25) is 0 Å². The summed E-state index contributed by atoms with van der Waals surface area (Å²) in [5, 5.41) is 19.6. The Morgan fingerprint density at radius 1 is 0.193 bits per heavy atom. The van der Waals surface area contributed by atoms with Crippen LogP contribution in [0.25, 0.3) is 229 Å². The SMILES string of the molecule is CC1(C)c2ccccc2-c2cc(-c3ccc(-n4c5ccccc5c5cc6c(cc54)oc4ccccc46)cc3)ccc21.c1ccc2c(c1)oc1cc3c(cc12)c1ccccc1n3-c1ccc(-c2ccc3sc4ccccc4c3c2)cc1.c1ccc2c(c1)oc1cc3c(cc12)c1ccccc1n3-c1ccc(-n2c3ccccc3c3ccccc32)cc1. The summed E-state index contributed by atoms with van der Waals surface area (Å²) in [4.78, 5) is 0. The van der Waals surface area contributed by atoms with Crippen LogP contribution in [-0.4, -0.2) is 18.3 Å². The van der Waals surface area contributed by atoms with Gasteiger partial charge in [-0.15, -0.1) is 11.3 Å². The third-order valence-electron chi connectivity index (χ3n) is 25.3. The highest BCUT2D eigenvalue weighted by Crippen LogP contribution is 2.51. The van der Waals surface area contributed by atoms with Gasteiger partial charge in [0, 0.05) is 142 Å². The molecule has 27 rings (SSSR count). The van der Waals surface area contributed by atoms with Gasteiger partial charge in [-0.1, -0.05) is 244 Å². The second kappa shape index (κ2) is 25.9. The zero-order chi connectivity index (χ0) is 78.3. The molecule has 0 unspecified atom stereocenters. The Morgan fingerprint density at radius 3 is 0.924 bits per heavy atom. The van der Waals surface area contributed by atoms with Crippen molar-refractivity contribution < 1.29 is 13.3 Å². The van der Waals surface area contributed by atoms with E-state index in [1.165, 1.54) is 135 Å². The number of furan rings is 3. The van der Waals surface area contributed by atoms with Gasteiger partial charge in [-0.25, -0.2) is 0 Å². The monoisotopic (exact) mass is 1540 g/mol. The molecule has 0 atom stereocenters. The first-order chi connectivity index (χ1) is 58.7. The predicted molar refractivity (Wildman–Crippen MR) is 500 cm³/mol. The van der Waals surface area contributed by atoms with Crippen molar-refractivity contribution in [1.29, 1.82) is 0 Å². The fraction of sp³-hybridized carbons (Fsp3) is 0.0270. The van der Waals surface area contributed by atoms with Crippen LogP contribution in [0, 0.1) is 0 Å². The maximum Gasteiger partial charge on any atom is 0.137 e. The van der Waals surface area contributed by atoms with Crippen molar-refractivity contribution in [1.82, 2.24) is 18.3 Å². The van der Waals surface area contributed by atoms with Crippen LogP contribution in [0.2, 0.25) is 0 Å². The number of hydrogen-bond donors (Lipinski definition) is 0. The van der Waals surface area contributed by atoms with Crippen molar-refractivity contribution in [3.05, 3.63) is 399 Å². The molecule has 0 amide bonds. The lowest BCUT2D eigenvalue weighted by molar-refractivity contribution is 0.660. The zero-order valence-electron chi connectivity index (χ0n) is 64.9. The van der Waals surface area contributed by atoms with Crippen LogP contribution in [0.5, 0.6) is 0 Å². The van der Waals surface area contributed by atoms with E-state index in [1.807, 2.05) is 47.7 Å². The van der Waals surface area contributed by atoms with Gasteiger partial charge in [-0.3, -0.25) is 0 Å². The molecule has 0 N–H and O–H groups in total. The Bertz CT molecular complexity index is 8660. The van der Waals surface area contributed by atoms with Gasteiger partial charge in [-0.05, 0) is 184 Å². The fourth-order valence-electron chi connectivity index (χ4n) is 19.8. The molecular weight excluding hydrogens is 1470 g/mol. The highest BCUT2D eigenvalue weighted by Gasteiger charge is 2.35. The Morgan fingerprint density at radius 2 is 0.496 bits per heavy atom. The van der Waals surface area contributed by atoms with E-state index in [4.69, 9.17) is 13.3 Å². The molecule has 0 saturated heterocycles. The molecule has 1 aliphatic rings. The smallest absolute Gasteiger partial charge is 0.137 e. The van der Waals surface area contributed by atoms with E-state index in [2.05, 4.69) is 384 Å². The van der Waals surface area contributed by atoms with Crippen LogP contribution in [0.4, 0.5) is 0 Å². The Kier molecular flexibility index (Phi) is 14.6. The Balaban J connectivity index is 0.0000000992. The summed E-state index contributed by atoms with van der Waals surface area (Å²) in [7, 11) is 0. The standard InChI is InChI=1S/C39H27NO.C36H22N2O.C36H21NOS/c1-39(2)33-12-6-3-9-27(33)30-21-25(17-20-34(30)39)24-15-18-26(19-16-24)40-35-13-7-4-10-28(35)31-22-32-29-11-5-8-14-37(29)41-38(32)23-36(31)40;1-5-13-31-25(9-1)26-10-2-6-14-32(26)37(31)23-17-19-24(20-18-23)38-33-15-7-3-11-27(33)29-21-30-28-12-4-8-16-35(28)39-36(30)22-34(29)38;1-4-10-31-25(7-1)28-20-29-26-8-2-5-11-33(26)38-34(29)21-32(28)37(31)24-16-13-22(14-17-24)23-15-18-36-30(19-23)27-9-3-6-12-35(27)39-36/h3-23H,1-2H3;1-22H;1-21H. The lowest BCUT2D eigenvalue weighted by atomic mass is 9.82. The van der Waals surface area contributed by atoms with Gasteiger partial charge < -0.3 is 31.5 Å². The number of hydrogen-bond acceptors (Lipinski definition) is 4. The minimum Gasteiger partial charge on any atom is -0.456 e. The highest BCUT2D eigenvalue weighted by atomic mass is 32.1. The molecule has 558 valence electrons. The predicted octanol–water partition coefficient (Wildman–Crippen LogP) is 31.2. The number of para-hydroxylation sites is 8. The van der Waals surface area contributed by atoms with E-state index in [0.717, 1.165) is 105 Å². The topological polar surface area (TPSA) is 59.1 Å². The summed E-state index contributed by atoms with van der Waals surface area (Å²) in [6, 6.07) is 140. The molecule has 0 spiro atoms. The maximum atomic E-state index is 6.29. The largest absolute Gasteiger partial charge is 0.456 e. The van der Waals surface area contributed by atoms with E-state index >= 15 is 0 Å². The summed E-state index contributed by atoms with van der Waals surface area (Å²) < 4.78 is 30.9. The van der Waals surface area contributed by atoms with Gasteiger partial charge in [0.25, 0.3) is 0 Å². The van der Waals surface area contributed by atoms with Crippen LogP contribution in [0.1, 0.15) is 25.0 Å². The van der Waals surface area contributed by atoms with E-state index in [9.17, 15) is 0 Å². The summed E-state index contributed by atoms with van der Waals surface area (Å²) in [6.07, 6.45) is 0.